The van der Waals surface area contributed by atoms with Crippen LogP contribution in [0.25, 0.3) is 0 Å². The number of hydrogen-bond acceptors (Lipinski definition) is 3. The molecule has 0 fully saturated rings. The van der Waals surface area contributed by atoms with Crippen LogP contribution in [0.4, 0.5) is 0 Å². The molecule has 0 atom stereocenters. The van der Waals surface area contributed by atoms with Gasteiger partial charge in [0, 0.05) is 22.4 Å². The van der Waals surface area contributed by atoms with Gasteiger partial charge in [-0.15, -0.1) is 11.8 Å². The zero-order valence-electron chi connectivity index (χ0n) is 10.4. The lowest BCUT2D eigenvalue weighted by atomic mass is 10.1. The predicted octanol–water partition coefficient (Wildman–Crippen LogP) is 3.43. The zero-order chi connectivity index (χ0) is 13.8. The number of carbonyl (C=O) groups excluding carboxylic acids is 1. The number of benzene rings is 1. The SMILES string of the molecule is Cc1c(Cl)ncc(SCc2ccccc2)c1C(N)=O. The molecule has 0 aliphatic heterocycles. The van der Waals surface area contributed by atoms with Crippen molar-refractivity contribution in [2.75, 3.05) is 0 Å². The molecule has 5 heteroatoms. The van der Waals surface area contributed by atoms with Gasteiger partial charge in [-0.1, -0.05) is 41.9 Å². The van der Waals surface area contributed by atoms with Crippen molar-refractivity contribution in [2.24, 2.45) is 5.73 Å². The van der Waals surface area contributed by atoms with E-state index in [-0.39, 0.29) is 0 Å². The second kappa shape index (κ2) is 6.08. The second-order valence-electron chi connectivity index (χ2n) is 4.05. The summed E-state index contributed by atoms with van der Waals surface area (Å²) >= 11 is 7.45. The van der Waals surface area contributed by atoms with Crippen molar-refractivity contribution in [1.82, 2.24) is 4.98 Å². The first-order chi connectivity index (χ1) is 9.09. The van der Waals surface area contributed by atoms with Gasteiger partial charge in [-0.05, 0) is 12.5 Å². The maximum atomic E-state index is 11.5. The van der Waals surface area contributed by atoms with Crippen molar-refractivity contribution in [3.05, 3.63) is 58.4 Å². The molecule has 1 amide bonds. The van der Waals surface area contributed by atoms with Gasteiger partial charge in [-0.25, -0.2) is 4.98 Å². The Morgan fingerprint density at radius 1 is 1.37 bits per heavy atom. The number of thioether (sulfide) groups is 1. The van der Waals surface area contributed by atoms with Gasteiger partial charge in [0.2, 0.25) is 5.91 Å². The molecular weight excluding hydrogens is 280 g/mol. The van der Waals surface area contributed by atoms with E-state index in [9.17, 15) is 4.79 Å². The molecule has 1 heterocycles. The minimum Gasteiger partial charge on any atom is -0.366 e. The molecule has 0 unspecified atom stereocenters. The molecule has 2 rings (SSSR count). The van der Waals surface area contributed by atoms with Crippen molar-refractivity contribution in [2.45, 2.75) is 17.6 Å². The predicted molar refractivity (Wildman–Crippen MR) is 78.5 cm³/mol. The lowest BCUT2D eigenvalue weighted by Crippen LogP contribution is -2.15. The standard InChI is InChI=1S/C14H13ClN2OS/c1-9-12(14(16)18)11(7-17-13(9)15)19-8-10-5-3-2-4-6-10/h2-7H,8H2,1H3,(H2,16,18). The molecule has 2 N–H and O–H groups in total. The minimum absolute atomic E-state index is 0.317. The molecule has 19 heavy (non-hydrogen) atoms. The summed E-state index contributed by atoms with van der Waals surface area (Å²) in [4.78, 5) is 16.4. The fraction of sp³-hybridized carbons (Fsp3) is 0.143. The Kier molecular flexibility index (Phi) is 4.45. The minimum atomic E-state index is -0.475. The third-order valence-corrected chi connectivity index (χ3v) is 4.19. The normalized spacial score (nSPS) is 10.4. The second-order valence-corrected chi connectivity index (χ2v) is 5.43. The van der Waals surface area contributed by atoms with Gasteiger partial charge in [0.25, 0.3) is 0 Å². The number of aromatic nitrogens is 1. The number of primary amides is 1. The third-order valence-electron chi connectivity index (χ3n) is 2.71. The van der Waals surface area contributed by atoms with Crippen LogP contribution in [0.3, 0.4) is 0 Å². The summed E-state index contributed by atoms with van der Waals surface area (Å²) in [6.07, 6.45) is 1.60. The number of hydrogen-bond donors (Lipinski definition) is 1. The quantitative estimate of drug-likeness (QED) is 0.694. The van der Waals surface area contributed by atoms with Gasteiger partial charge < -0.3 is 5.73 Å². The highest BCUT2D eigenvalue weighted by molar-refractivity contribution is 7.98. The van der Waals surface area contributed by atoms with Gasteiger partial charge in [0.05, 0.1) is 5.56 Å². The first-order valence-corrected chi connectivity index (χ1v) is 7.07. The Morgan fingerprint density at radius 3 is 2.68 bits per heavy atom. The zero-order valence-corrected chi connectivity index (χ0v) is 12.0. The van der Waals surface area contributed by atoms with E-state index in [1.807, 2.05) is 30.3 Å². The number of nitrogens with two attached hydrogens (primary N) is 1. The first kappa shape index (κ1) is 13.9. The fourth-order valence-corrected chi connectivity index (χ4v) is 2.90. The smallest absolute Gasteiger partial charge is 0.250 e. The lowest BCUT2D eigenvalue weighted by molar-refractivity contribution is 0.0996. The average Bonchev–Trinajstić information content (AvgIpc) is 2.41. The number of nitrogens with zero attached hydrogens (tertiary/aromatic N) is 1. The lowest BCUT2D eigenvalue weighted by Gasteiger charge is -2.10. The van der Waals surface area contributed by atoms with Crippen LogP contribution in [0.15, 0.2) is 41.4 Å². The third kappa shape index (κ3) is 3.28. The van der Waals surface area contributed by atoms with E-state index in [1.165, 1.54) is 17.3 Å². The fourth-order valence-electron chi connectivity index (χ4n) is 1.72. The highest BCUT2D eigenvalue weighted by Gasteiger charge is 2.15. The summed E-state index contributed by atoms with van der Waals surface area (Å²) in [5, 5.41) is 0.317. The van der Waals surface area contributed by atoms with Crippen molar-refractivity contribution < 1.29 is 4.79 Å². The molecule has 0 saturated heterocycles. The summed E-state index contributed by atoms with van der Waals surface area (Å²) in [6.45, 7) is 1.75. The topological polar surface area (TPSA) is 56.0 Å². The van der Waals surface area contributed by atoms with Crippen LogP contribution >= 0.6 is 23.4 Å². The Bertz CT molecular complexity index is 602. The van der Waals surface area contributed by atoms with Crippen LogP contribution in [0.1, 0.15) is 21.5 Å². The van der Waals surface area contributed by atoms with Crippen LogP contribution in [-0.2, 0) is 5.75 Å². The number of carbonyl (C=O) groups is 1. The van der Waals surface area contributed by atoms with Gasteiger partial charge in [-0.3, -0.25) is 4.79 Å². The van der Waals surface area contributed by atoms with E-state index in [0.29, 0.717) is 16.3 Å². The Labute approximate surface area is 121 Å². The van der Waals surface area contributed by atoms with Crippen LogP contribution in [0, 0.1) is 6.92 Å². The van der Waals surface area contributed by atoms with E-state index >= 15 is 0 Å². The summed E-state index contributed by atoms with van der Waals surface area (Å²) in [7, 11) is 0. The van der Waals surface area contributed by atoms with Gasteiger partial charge in [-0.2, -0.15) is 0 Å². The first-order valence-electron chi connectivity index (χ1n) is 5.71. The molecule has 2 aromatic rings. The molecular formula is C14H13ClN2OS. The van der Waals surface area contributed by atoms with Crippen molar-refractivity contribution in [3.8, 4) is 0 Å². The maximum absolute atomic E-state index is 11.5. The highest BCUT2D eigenvalue weighted by atomic mass is 35.5. The van der Waals surface area contributed by atoms with E-state index in [1.54, 1.807) is 13.1 Å². The van der Waals surface area contributed by atoms with Crippen molar-refractivity contribution in [3.63, 3.8) is 0 Å². The monoisotopic (exact) mass is 292 g/mol. The Hall–Kier alpha value is -1.52. The molecule has 0 spiro atoms. The summed E-state index contributed by atoms with van der Waals surface area (Å²) < 4.78 is 0. The van der Waals surface area contributed by atoms with Crippen LogP contribution < -0.4 is 5.73 Å². The van der Waals surface area contributed by atoms with E-state index in [4.69, 9.17) is 17.3 Å². The molecule has 1 aromatic heterocycles. The van der Waals surface area contributed by atoms with Crippen molar-refractivity contribution >= 4 is 29.3 Å². The summed E-state index contributed by atoms with van der Waals surface area (Å²) in [5.74, 6) is 0.279. The van der Waals surface area contributed by atoms with Crippen LogP contribution in [-0.4, -0.2) is 10.9 Å². The molecule has 0 saturated carbocycles. The molecule has 0 aliphatic rings. The van der Waals surface area contributed by atoms with Gasteiger partial charge >= 0.3 is 0 Å². The van der Waals surface area contributed by atoms with Crippen LogP contribution in [0.5, 0.6) is 0 Å². The Balaban J connectivity index is 2.26. The van der Waals surface area contributed by atoms with E-state index < -0.39 is 5.91 Å². The molecule has 0 aliphatic carbocycles. The summed E-state index contributed by atoms with van der Waals surface area (Å²) in [5.41, 5.74) is 7.68. The highest BCUT2D eigenvalue weighted by Crippen LogP contribution is 2.29. The van der Waals surface area contributed by atoms with E-state index in [2.05, 4.69) is 4.98 Å². The number of halogens is 1. The number of amides is 1. The van der Waals surface area contributed by atoms with Gasteiger partial charge in [0.15, 0.2) is 0 Å². The Morgan fingerprint density at radius 2 is 2.05 bits per heavy atom. The largest absolute Gasteiger partial charge is 0.366 e. The van der Waals surface area contributed by atoms with E-state index in [0.717, 1.165) is 10.6 Å². The number of pyridine rings is 1. The number of rotatable bonds is 4. The van der Waals surface area contributed by atoms with Crippen LogP contribution in [0.2, 0.25) is 5.15 Å². The molecule has 98 valence electrons. The molecule has 0 radical (unpaired) electrons. The molecule has 1 aromatic carbocycles. The average molecular weight is 293 g/mol. The van der Waals surface area contributed by atoms with Gasteiger partial charge in [0.1, 0.15) is 5.15 Å². The molecule has 3 nitrogen and oxygen atoms in total. The maximum Gasteiger partial charge on any atom is 0.250 e. The van der Waals surface area contributed by atoms with Crippen molar-refractivity contribution in [1.29, 1.82) is 0 Å². The summed E-state index contributed by atoms with van der Waals surface area (Å²) in [6, 6.07) is 10.0. The molecule has 0 bridgehead atoms.